The van der Waals surface area contributed by atoms with E-state index in [1.807, 2.05) is 12.1 Å². The summed E-state index contributed by atoms with van der Waals surface area (Å²) in [4.78, 5) is 0. The van der Waals surface area contributed by atoms with Crippen molar-refractivity contribution in [3.8, 4) is 0 Å². The Hall–Kier alpha value is -0.930. The molecular weight excluding hydrogens is 229 g/mol. The third kappa shape index (κ3) is 4.39. The van der Waals surface area contributed by atoms with E-state index in [1.165, 1.54) is 6.07 Å². The number of hydrogen-bond donors (Lipinski definition) is 2. The molecule has 1 rings (SSSR count). The van der Waals surface area contributed by atoms with E-state index in [4.69, 9.17) is 5.11 Å². The van der Waals surface area contributed by atoms with Crippen LogP contribution in [-0.2, 0) is 0 Å². The third-order valence-corrected chi connectivity index (χ3v) is 3.46. The summed E-state index contributed by atoms with van der Waals surface area (Å²) < 4.78 is 13.7. The molecular formula is C15H24FNO. The summed E-state index contributed by atoms with van der Waals surface area (Å²) in [5.41, 5.74) is 0.735. The first kappa shape index (κ1) is 15.1. The van der Waals surface area contributed by atoms with Crippen molar-refractivity contribution in [3.63, 3.8) is 0 Å². The Morgan fingerprint density at radius 1 is 1.22 bits per heavy atom. The maximum absolute atomic E-state index is 13.7. The first-order chi connectivity index (χ1) is 8.72. The van der Waals surface area contributed by atoms with Crippen molar-refractivity contribution in [1.29, 1.82) is 0 Å². The highest BCUT2D eigenvalue weighted by Crippen LogP contribution is 2.20. The van der Waals surface area contributed by atoms with Crippen LogP contribution in [0.2, 0.25) is 0 Å². The first-order valence-electron chi connectivity index (χ1n) is 6.81. The zero-order valence-corrected chi connectivity index (χ0v) is 11.3. The summed E-state index contributed by atoms with van der Waals surface area (Å²) in [6, 6.07) is 6.98. The summed E-state index contributed by atoms with van der Waals surface area (Å²) in [5, 5.41) is 12.4. The smallest absolute Gasteiger partial charge is 0.127 e. The highest BCUT2D eigenvalue weighted by molar-refractivity contribution is 5.21. The summed E-state index contributed by atoms with van der Waals surface area (Å²) in [5.74, 6) is 0.308. The second kappa shape index (κ2) is 8.22. The van der Waals surface area contributed by atoms with Gasteiger partial charge in [0.15, 0.2) is 0 Å². The maximum atomic E-state index is 13.7. The van der Waals surface area contributed by atoms with Crippen molar-refractivity contribution in [2.45, 2.75) is 39.2 Å². The van der Waals surface area contributed by atoms with Gasteiger partial charge in [-0.3, -0.25) is 0 Å². The van der Waals surface area contributed by atoms with Gasteiger partial charge in [-0.25, -0.2) is 4.39 Å². The van der Waals surface area contributed by atoms with Gasteiger partial charge in [0, 0.05) is 18.2 Å². The van der Waals surface area contributed by atoms with Gasteiger partial charge in [0.2, 0.25) is 0 Å². The summed E-state index contributed by atoms with van der Waals surface area (Å²) in [7, 11) is 0. The minimum absolute atomic E-state index is 0.0546. The molecule has 2 nitrogen and oxygen atoms in total. The van der Waals surface area contributed by atoms with Gasteiger partial charge in [0.25, 0.3) is 0 Å². The molecule has 0 fully saturated rings. The van der Waals surface area contributed by atoms with Gasteiger partial charge in [-0.05, 0) is 31.4 Å². The number of halogens is 1. The van der Waals surface area contributed by atoms with E-state index in [-0.39, 0.29) is 18.5 Å². The fourth-order valence-electron chi connectivity index (χ4n) is 2.17. The van der Waals surface area contributed by atoms with Crippen LogP contribution in [0.15, 0.2) is 24.3 Å². The third-order valence-electron chi connectivity index (χ3n) is 3.46. The molecule has 0 saturated heterocycles. The normalized spacial score (nSPS) is 14.4. The number of nitrogens with one attached hydrogen (secondary N) is 1. The lowest BCUT2D eigenvalue weighted by Gasteiger charge is -2.22. The van der Waals surface area contributed by atoms with Crippen LogP contribution in [0, 0.1) is 11.7 Å². The van der Waals surface area contributed by atoms with E-state index in [2.05, 4.69) is 19.2 Å². The molecule has 2 N–H and O–H groups in total. The minimum atomic E-state index is -0.146. The monoisotopic (exact) mass is 253 g/mol. The predicted octanol–water partition coefficient (Wildman–Crippen LogP) is 3.28. The topological polar surface area (TPSA) is 32.3 Å². The number of aliphatic hydroxyl groups is 1. The largest absolute Gasteiger partial charge is 0.396 e. The van der Waals surface area contributed by atoms with Crippen molar-refractivity contribution < 1.29 is 9.50 Å². The van der Waals surface area contributed by atoms with Crippen molar-refractivity contribution in [3.05, 3.63) is 35.6 Å². The van der Waals surface area contributed by atoms with Crippen LogP contribution in [0.5, 0.6) is 0 Å². The summed E-state index contributed by atoms with van der Waals surface area (Å²) >= 11 is 0. The molecule has 0 heterocycles. The molecule has 0 amide bonds. The number of benzene rings is 1. The molecule has 2 atom stereocenters. The molecule has 0 spiro atoms. The van der Waals surface area contributed by atoms with Gasteiger partial charge >= 0.3 is 0 Å². The number of aliphatic hydroxyl groups excluding tert-OH is 1. The van der Waals surface area contributed by atoms with Crippen LogP contribution >= 0.6 is 0 Å². The van der Waals surface area contributed by atoms with E-state index >= 15 is 0 Å². The van der Waals surface area contributed by atoms with Crippen molar-refractivity contribution in [2.75, 3.05) is 13.2 Å². The Morgan fingerprint density at radius 2 is 1.94 bits per heavy atom. The lowest BCUT2D eigenvalue weighted by atomic mass is 10.00. The SMILES string of the molecule is CCC(CCO)CNC(CC)c1ccccc1F. The Labute approximate surface area is 109 Å². The molecule has 1 aromatic rings. The number of hydrogen-bond acceptors (Lipinski definition) is 2. The Balaban J connectivity index is 2.60. The molecule has 102 valence electrons. The van der Waals surface area contributed by atoms with E-state index in [9.17, 15) is 4.39 Å². The van der Waals surface area contributed by atoms with Crippen LogP contribution in [0.4, 0.5) is 4.39 Å². The van der Waals surface area contributed by atoms with E-state index in [0.717, 1.165) is 31.4 Å². The second-order valence-electron chi connectivity index (χ2n) is 4.68. The highest BCUT2D eigenvalue weighted by atomic mass is 19.1. The molecule has 0 aliphatic rings. The molecule has 0 bridgehead atoms. The molecule has 0 saturated carbocycles. The maximum Gasteiger partial charge on any atom is 0.127 e. The van der Waals surface area contributed by atoms with Crippen LogP contribution in [0.3, 0.4) is 0 Å². The van der Waals surface area contributed by atoms with E-state index in [0.29, 0.717) is 5.92 Å². The van der Waals surface area contributed by atoms with E-state index < -0.39 is 0 Å². The standard InChI is InChI=1S/C15H24FNO/c1-3-12(9-10-18)11-17-15(4-2)13-7-5-6-8-14(13)16/h5-8,12,15,17-18H,3-4,9-11H2,1-2H3. The first-order valence-corrected chi connectivity index (χ1v) is 6.81. The Bertz CT molecular complexity index is 343. The molecule has 1 aromatic carbocycles. The summed E-state index contributed by atoms with van der Waals surface area (Å²) in [6.07, 6.45) is 2.69. The average molecular weight is 253 g/mol. The molecule has 0 radical (unpaired) electrons. The fourth-order valence-corrected chi connectivity index (χ4v) is 2.17. The summed E-state index contributed by atoms with van der Waals surface area (Å²) in [6.45, 7) is 5.21. The predicted molar refractivity (Wildman–Crippen MR) is 72.9 cm³/mol. The molecule has 0 aromatic heterocycles. The molecule has 2 unspecified atom stereocenters. The van der Waals surface area contributed by atoms with Crippen LogP contribution < -0.4 is 5.32 Å². The van der Waals surface area contributed by atoms with Gasteiger partial charge in [0.1, 0.15) is 5.82 Å². The van der Waals surface area contributed by atoms with Crippen molar-refractivity contribution >= 4 is 0 Å². The van der Waals surface area contributed by atoms with Gasteiger partial charge in [-0.2, -0.15) is 0 Å². The van der Waals surface area contributed by atoms with E-state index in [1.54, 1.807) is 6.07 Å². The van der Waals surface area contributed by atoms with Gasteiger partial charge in [-0.1, -0.05) is 38.5 Å². The molecule has 0 aliphatic carbocycles. The minimum Gasteiger partial charge on any atom is -0.396 e. The highest BCUT2D eigenvalue weighted by Gasteiger charge is 2.14. The van der Waals surface area contributed by atoms with Gasteiger partial charge < -0.3 is 10.4 Å². The average Bonchev–Trinajstić information content (AvgIpc) is 2.40. The lowest BCUT2D eigenvalue weighted by molar-refractivity contribution is 0.248. The zero-order chi connectivity index (χ0) is 13.4. The molecule has 3 heteroatoms. The van der Waals surface area contributed by atoms with Crippen molar-refractivity contribution in [2.24, 2.45) is 5.92 Å². The van der Waals surface area contributed by atoms with Crippen LogP contribution in [0.25, 0.3) is 0 Å². The van der Waals surface area contributed by atoms with Crippen molar-refractivity contribution in [1.82, 2.24) is 5.32 Å². The Kier molecular flexibility index (Phi) is 6.91. The van der Waals surface area contributed by atoms with Crippen LogP contribution in [0.1, 0.15) is 44.7 Å². The quantitative estimate of drug-likeness (QED) is 0.745. The lowest BCUT2D eigenvalue weighted by Crippen LogP contribution is -2.28. The fraction of sp³-hybridized carbons (Fsp3) is 0.600. The van der Waals surface area contributed by atoms with Gasteiger partial charge in [-0.15, -0.1) is 0 Å². The molecule has 0 aliphatic heterocycles. The van der Waals surface area contributed by atoms with Crippen LogP contribution in [-0.4, -0.2) is 18.3 Å². The number of rotatable bonds is 8. The van der Waals surface area contributed by atoms with Gasteiger partial charge in [0.05, 0.1) is 0 Å². The molecule has 18 heavy (non-hydrogen) atoms. The Morgan fingerprint density at radius 3 is 2.50 bits per heavy atom. The zero-order valence-electron chi connectivity index (χ0n) is 11.3. The second-order valence-corrected chi connectivity index (χ2v) is 4.68.